The Bertz CT molecular complexity index is 464. The summed E-state index contributed by atoms with van der Waals surface area (Å²) in [6.45, 7) is 5.45. The lowest BCUT2D eigenvalue weighted by Gasteiger charge is -2.21. The number of carbonyl (C=O) groups is 1. The van der Waals surface area contributed by atoms with Crippen molar-refractivity contribution in [1.82, 2.24) is 0 Å². The zero-order valence-electron chi connectivity index (χ0n) is 10.1. The van der Waals surface area contributed by atoms with Gasteiger partial charge < -0.3 is 9.53 Å². The van der Waals surface area contributed by atoms with Crippen LogP contribution in [-0.2, 0) is 6.18 Å². The van der Waals surface area contributed by atoms with Crippen molar-refractivity contribution < 1.29 is 27.5 Å². The van der Waals surface area contributed by atoms with Gasteiger partial charge in [-0.15, -0.1) is 0 Å². The molecule has 100 valence electrons. The van der Waals surface area contributed by atoms with Crippen LogP contribution in [-0.4, -0.2) is 19.4 Å². The highest BCUT2D eigenvalue weighted by molar-refractivity contribution is 6.70. The van der Waals surface area contributed by atoms with E-state index >= 15 is 0 Å². The van der Waals surface area contributed by atoms with Crippen molar-refractivity contribution in [1.29, 1.82) is 0 Å². The van der Waals surface area contributed by atoms with Gasteiger partial charge in [0.1, 0.15) is 11.3 Å². The second-order valence-corrected chi connectivity index (χ2v) is 9.16. The van der Waals surface area contributed by atoms with E-state index in [9.17, 15) is 18.0 Å². The first-order valence-electron chi connectivity index (χ1n) is 5.14. The fourth-order valence-electron chi connectivity index (χ4n) is 1.29. The third-order valence-electron chi connectivity index (χ3n) is 1.95. The van der Waals surface area contributed by atoms with E-state index in [2.05, 4.69) is 0 Å². The molecule has 0 saturated carbocycles. The molecule has 1 rings (SSSR count). The number of aromatic carboxylic acids is 1. The van der Waals surface area contributed by atoms with E-state index < -0.39 is 31.6 Å². The first-order valence-corrected chi connectivity index (χ1v) is 8.55. The van der Waals surface area contributed by atoms with Crippen molar-refractivity contribution in [3.63, 3.8) is 0 Å². The van der Waals surface area contributed by atoms with Gasteiger partial charge in [-0.2, -0.15) is 13.2 Å². The molecule has 18 heavy (non-hydrogen) atoms. The first-order chi connectivity index (χ1) is 8.00. The summed E-state index contributed by atoms with van der Waals surface area (Å²) in [5.41, 5.74) is -1.46. The lowest BCUT2D eigenvalue weighted by molar-refractivity contribution is -0.137. The standard InChI is InChI=1S/C11H13F3O3Si/c1-18(2,3)17-9-5-4-7(11(12,13)14)6-8(9)10(15)16/h4-6H,1-3H3,(H,15,16). The van der Waals surface area contributed by atoms with E-state index in [1.165, 1.54) is 0 Å². The van der Waals surface area contributed by atoms with Crippen molar-refractivity contribution in [2.75, 3.05) is 0 Å². The molecular formula is C11H13F3O3Si. The van der Waals surface area contributed by atoms with Crippen LogP contribution < -0.4 is 4.43 Å². The van der Waals surface area contributed by atoms with E-state index in [0.29, 0.717) is 6.07 Å². The van der Waals surface area contributed by atoms with Crippen LogP contribution in [0.1, 0.15) is 15.9 Å². The van der Waals surface area contributed by atoms with Gasteiger partial charge in [-0.1, -0.05) is 0 Å². The molecule has 0 radical (unpaired) electrons. The Morgan fingerprint density at radius 1 is 1.28 bits per heavy atom. The maximum absolute atomic E-state index is 12.5. The van der Waals surface area contributed by atoms with Crippen LogP contribution in [0, 0.1) is 0 Å². The quantitative estimate of drug-likeness (QED) is 0.859. The van der Waals surface area contributed by atoms with Crippen LogP contribution in [0.4, 0.5) is 13.2 Å². The molecule has 1 aromatic rings. The minimum absolute atomic E-state index is 0.0188. The highest BCUT2D eigenvalue weighted by atomic mass is 28.4. The Morgan fingerprint density at radius 2 is 1.83 bits per heavy atom. The summed E-state index contributed by atoms with van der Waals surface area (Å²) in [5, 5.41) is 8.92. The number of benzene rings is 1. The van der Waals surface area contributed by atoms with Crippen molar-refractivity contribution in [3.8, 4) is 5.75 Å². The van der Waals surface area contributed by atoms with Crippen molar-refractivity contribution >= 4 is 14.3 Å². The second kappa shape index (κ2) is 4.64. The van der Waals surface area contributed by atoms with Gasteiger partial charge in [-0.3, -0.25) is 0 Å². The Hall–Kier alpha value is -1.50. The smallest absolute Gasteiger partial charge is 0.416 e. The van der Waals surface area contributed by atoms with Gasteiger partial charge in [-0.25, -0.2) is 4.79 Å². The van der Waals surface area contributed by atoms with Gasteiger partial charge in [0, 0.05) is 0 Å². The number of rotatable bonds is 3. The SMILES string of the molecule is C[Si](C)(C)Oc1ccc(C(F)(F)F)cc1C(=O)O. The zero-order valence-corrected chi connectivity index (χ0v) is 11.1. The van der Waals surface area contributed by atoms with Gasteiger partial charge >= 0.3 is 12.1 Å². The van der Waals surface area contributed by atoms with Crippen molar-refractivity contribution in [3.05, 3.63) is 29.3 Å². The topological polar surface area (TPSA) is 46.5 Å². The van der Waals surface area contributed by atoms with Crippen LogP contribution in [0.2, 0.25) is 19.6 Å². The number of hydrogen-bond acceptors (Lipinski definition) is 2. The van der Waals surface area contributed by atoms with E-state index in [1.54, 1.807) is 0 Å². The zero-order chi connectivity index (χ0) is 14.1. The maximum atomic E-state index is 12.5. The molecule has 0 fully saturated rings. The van der Waals surface area contributed by atoms with E-state index in [0.717, 1.165) is 12.1 Å². The van der Waals surface area contributed by atoms with E-state index in [1.807, 2.05) is 19.6 Å². The lowest BCUT2D eigenvalue weighted by Crippen LogP contribution is -2.30. The Morgan fingerprint density at radius 3 is 2.22 bits per heavy atom. The molecule has 0 unspecified atom stereocenters. The van der Waals surface area contributed by atoms with Gasteiger partial charge in [-0.05, 0) is 37.8 Å². The fraction of sp³-hybridized carbons (Fsp3) is 0.364. The molecule has 0 heterocycles. The third-order valence-corrected chi connectivity index (χ3v) is 2.79. The second-order valence-electron chi connectivity index (χ2n) is 4.73. The molecule has 0 aliphatic heterocycles. The molecular weight excluding hydrogens is 265 g/mol. The van der Waals surface area contributed by atoms with Crippen LogP contribution in [0.5, 0.6) is 5.75 Å². The number of hydrogen-bond donors (Lipinski definition) is 1. The molecule has 0 aliphatic rings. The molecule has 0 saturated heterocycles. The summed E-state index contributed by atoms with van der Waals surface area (Å²) in [6, 6.07) is 2.48. The Labute approximate surface area is 103 Å². The highest BCUT2D eigenvalue weighted by Crippen LogP contribution is 2.33. The monoisotopic (exact) mass is 278 g/mol. The Kier molecular flexibility index (Phi) is 3.75. The van der Waals surface area contributed by atoms with E-state index in [4.69, 9.17) is 9.53 Å². The number of carboxylic acid groups (broad SMARTS) is 1. The minimum Gasteiger partial charge on any atom is -0.544 e. The summed E-state index contributed by atoms with van der Waals surface area (Å²) in [5.74, 6) is -1.45. The summed E-state index contributed by atoms with van der Waals surface area (Å²) in [6.07, 6.45) is -4.57. The molecule has 1 N–H and O–H groups in total. The third kappa shape index (κ3) is 3.76. The molecule has 0 amide bonds. The molecule has 3 nitrogen and oxygen atoms in total. The number of carboxylic acids is 1. The molecule has 0 spiro atoms. The van der Waals surface area contributed by atoms with Crippen LogP contribution in [0.3, 0.4) is 0 Å². The van der Waals surface area contributed by atoms with Crippen LogP contribution in [0.25, 0.3) is 0 Å². The minimum atomic E-state index is -4.57. The molecule has 7 heteroatoms. The average Bonchev–Trinajstić information content (AvgIpc) is 2.13. The van der Waals surface area contributed by atoms with Gasteiger partial charge in [0.2, 0.25) is 8.32 Å². The van der Waals surface area contributed by atoms with E-state index in [-0.39, 0.29) is 5.75 Å². The molecule has 0 aromatic heterocycles. The largest absolute Gasteiger partial charge is 0.544 e. The molecule has 0 atom stereocenters. The maximum Gasteiger partial charge on any atom is 0.416 e. The summed E-state index contributed by atoms with van der Waals surface area (Å²) < 4.78 is 42.9. The lowest BCUT2D eigenvalue weighted by atomic mass is 10.1. The van der Waals surface area contributed by atoms with Gasteiger partial charge in [0.25, 0.3) is 0 Å². The van der Waals surface area contributed by atoms with Crippen molar-refractivity contribution in [2.24, 2.45) is 0 Å². The fourth-order valence-corrected chi connectivity index (χ4v) is 2.13. The predicted molar refractivity (Wildman–Crippen MR) is 62.4 cm³/mol. The van der Waals surface area contributed by atoms with Crippen LogP contribution >= 0.6 is 0 Å². The predicted octanol–water partition coefficient (Wildman–Crippen LogP) is 3.62. The molecule has 1 aromatic carbocycles. The van der Waals surface area contributed by atoms with Gasteiger partial charge in [0.15, 0.2) is 0 Å². The molecule has 0 bridgehead atoms. The Balaban J connectivity index is 3.26. The number of alkyl halides is 3. The average molecular weight is 278 g/mol. The van der Waals surface area contributed by atoms with Crippen molar-refractivity contribution in [2.45, 2.75) is 25.8 Å². The summed E-state index contributed by atoms with van der Waals surface area (Å²) >= 11 is 0. The van der Waals surface area contributed by atoms with Crippen LogP contribution in [0.15, 0.2) is 18.2 Å². The molecule has 0 aliphatic carbocycles. The first kappa shape index (κ1) is 14.6. The summed E-state index contributed by atoms with van der Waals surface area (Å²) in [7, 11) is -2.08. The summed E-state index contributed by atoms with van der Waals surface area (Å²) in [4.78, 5) is 11.0. The number of halogens is 3. The normalized spacial score (nSPS) is 12.3. The highest BCUT2D eigenvalue weighted by Gasteiger charge is 2.32. The van der Waals surface area contributed by atoms with Gasteiger partial charge in [0.05, 0.1) is 5.56 Å².